The third-order valence-electron chi connectivity index (χ3n) is 3.49. The molecule has 112 valence electrons. The van der Waals surface area contributed by atoms with E-state index >= 15 is 0 Å². The summed E-state index contributed by atoms with van der Waals surface area (Å²) >= 11 is 1.62. The molecule has 1 aromatic carbocycles. The fourth-order valence-corrected chi connectivity index (χ4v) is 3.09. The van der Waals surface area contributed by atoms with Crippen molar-refractivity contribution >= 4 is 39.7 Å². The third-order valence-corrected chi connectivity index (χ3v) is 4.48. The van der Waals surface area contributed by atoms with Crippen molar-refractivity contribution in [2.45, 2.75) is 13.8 Å². The van der Waals surface area contributed by atoms with Gasteiger partial charge < -0.3 is 9.15 Å². The van der Waals surface area contributed by atoms with Crippen molar-refractivity contribution in [2.75, 3.05) is 7.11 Å². The zero-order chi connectivity index (χ0) is 15.7. The average Bonchev–Trinajstić information content (AvgIpc) is 3.11. The van der Waals surface area contributed by atoms with Crippen LogP contribution in [0, 0.1) is 13.8 Å². The van der Waals surface area contributed by atoms with Crippen molar-refractivity contribution in [3.63, 3.8) is 0 Å². The van der Waals surface area contributed by atoms with E-state index in [0.717, 1.165) is 15.2 Å². The lowest BCUT2D eigenvalue weighted by Gasteiger charge is -1.96. The normalized spacial score (nSPS) is 11.4. The Hall–Kier alpha value is -2.40. The number of ether oxygens (including phenoxy) is 1. The van der Waals surface area contributed by atoms with Gasteiger partial charge in [0, 0.05) is 5.56 Å². The Kier molecular flexibility index (Phi) is 3.81. The first-order valence-corrected chi connectivity index (χ1v) is 7.62. The van der Waals surface area contributed by atoms with Gasteiger partial charge in [0.15, 0.2) is 0 Å². The molecule has 0 bridgehead atoms. The second kappa shape index (κ2) is 5.77. The smallest absolute Gasteiger partial charge is 0.374 e. The van der Waals surface area contributed by atoms with Gasteiger partial charge in [-0.2, -0.15) is 0 Å². The molecule has 3 rings (SSSR count). The molecule has 5 heteroatoms. The van der Waals surface area contributed by atoms with Crippen LogP contribution < -0.4 is 0 Å². The molecule has 0 aliphatic heterocycles. The first kappa shape index (κ1) is 14.5. The number of hydrogen-bond donors (Lipinski definition) is 0. The van der Waals surface area contributed by atoms with Crippen LogP contribution in [0.4, 0.5) is 0 Å². The van der Waals surface area contributed by atoms with Crippen LogP contribution in [0.2, 0.25) is 0 Å². The number of esters is 1. The Morgan fingerprint density at radius 1 is 1.27 bits per heavy atom. The topological polar surface area (TPSA) is 52.3 Å². The maximum absolute atomic E-state index is 11.6. The summed E-state index contributed by atoms with van der Waals surface area (Å²) in [5.41, 5.74) is 4.16. The van der Waals surface area contributed by atoms with E-state index in [2.05, 4.69) is 35.7 Å². The number of nitrogens with zero attached hydrogens (tertiary/aromatic N) is 1. The van der Waals surface area contributed by atoms with Gasteiger partial charge in [-0.15, -0.1) is 11.3 Å². The molecule has 4 nitrogen and oxygen atoms in total. The molecule has 2 heterocycles. The number of aryl methyl sites for hydroxylation is 2. The number of hydrogen-bond acceptors (Lipinski definition) is 5. The third kappa shape index (κ3) is 2.67. The quantitative estimate of drug-likeness (QED) is 0.670. The molecule has 0 spiro atoms. The standard InChI is InChI=1S/C17H15NO3S/c1-10-8-13-14(9-11(10)2)22-15(18-13)5-4-12-6-7-21-16(12)17(19)20-3/h4-9H,1-3H3/b5-4+. The molecule has 0 aliphatic carbocycles. The minimum absolute atomic E-state index is 0.201. The fourth-order valence-electron chi connectivity index (χ4n) is 2.14. The molecule has 3 aromatic rings. The van der Waals surface area contributed by atoms with Crippen LogP contribution in [0.1, 0.15) is 32.3 Å². The van der Waals surface area contributed by atoms with E-state index in [1.807, 2.05) is 12.2 Å². The molecule has 0 unspecified atom stereocenters. The molecule has 0 radical (unpaired) electrons. The SMILES string of the molecule is COC(=O)c1occc1/C=C/c1nc2cc(C)c(C)cc2s1. The molecule has 0 amide bonds. The Morgan fingerprint density at radius 2 is 2.05 bits per heavy atom. The highest BCUT2D eigenvalue weighted by Gasteiger charge is 2.13. The van der Waals surface area contributed by atoms with Crippen molar-refractivity contribution < 1.29 is 13.9 Å². The van der Waals surface area contributed by atoms with Gasteiger partial charge in [-0.1, -0.05) is 0 Å². The first-order valence-electron chi connectivity index (χ1n) is 6.80. The van der Waals surface area contributed by atoms with E-state index in [4.69, 9.17) is 4.42 Å². The Labute approximate surface area is 132 Å². The van der Waals surface area contributed by atoms with Crippen LogP contribution in [0.3, 0.4) is 0 Å². The van der Waals surface area contributed by atoms with Crippen LogP contribution in [0.15, 0.2) is 28.9 Å². The highest BCUT2D eigenvalue weighted by atomic mass is 32.1. The minimum atomic E-state index is -0.486. The molecule has 0 aliphatic rings. The summed E-state index contributed by atoms with van der Waals surface area (Å²) in [7, 11) is 1.33. The molecule has 0 saturated carbocycles. The molecule has 22 heavy (non-hydrogen) atoms. The lowest BCUT2D eigenvalue weighted by Crippen LogP contribution is -2.00. The zero-order valence-electron chi connectivity index (χ0n) is 12.5. The van der Waals surface area contributed by atoms with Crippen molar-refractivity contribution in [3.05, 3.63) is 51.9 Å². The van der Waals surface area contributed by atoms with E-state index < -0.39 is 5.97 Å². The molecule has 0 fully saturated rings. The molecular formula is C17H15NO3S. The first-order chi connectivity index (χ1) is 10.6. The highest BCUT2D eigenvalue weighted by Crippen LogP contribution is 2.26. The summed E-state index contributed by atoms with van der Waals surface area (Å²) in [4.78, 5) is 16.2. The van der Waals surface area contributed by atoms with Gasteiger partial charge in [0.1, 0.15) is 5.01 Å². The lowest BCUT2D eigenvalue weighted by atomic mass is 10.1. The van der Waals surface area contributed by atoms with Crippen molar-refractivity contribution in [1.29, 1.82) is 0 Å². The number of carbonyl (C=O) groups excluding carboxylic acids is 1. The van der Waals surface area contributed by atoms with Gasteiger partial charge in [-0.3, -0.25) is 0 Å². The lowest BCUT2D eigenvalue weighted by molar-refractivity contribution is 0.0565. The molecule has 0 atom stereocenters. The maximum Gasteiger partial charge on any atom is 0.374 e. The zero-order valence-corrected chi connectivity index (χ0v) is 13.4. The number of thiazole rings is 1. The van der Waals surface area contributed by atoms with Gasteiger partial charge >= 0.3 is 5.97 Å². The fraction of sp³-hybridized carbons (Fsp3) is 0.176. The van der Waals surface area contributed by atoms with Gasteiger partial charge in [0.05, 0.1) is 23.6 Å². The number of methoxy groups -OCH3 is 1. The Bertz CT molecular complexity index is 834. The van der Waals surface area contributed by atoms with Crippen LogP contribution in [-0.4, -0.2) is 18.1 Å². The predicted molar refractivity (Wildman–Crippen MR) is 88.1 cm³/mol. The Morgan fingerprint density at radius 3 is 2.82 bits per heavy atom. The molecule has 0 N–H and O–H groups in total. The number of benzene rings is 1. The average molecular weight is 313 g/mol. The summed E-state index contributed by atoms with van der Waals surface area (Å²) in [5.74, 6) is -0.285. The number of rotatable bonds is 3. The van der Waals surface area contributed by atoms with Gasteiger partial charge in [-0.25, -0.2) is 9.78 Å². The molecule has 0 saturated heterocycles. The van der Waals surface area contributed by atoms with E-state index in [0.29, 0.717) is 5.56 Å². The van der Waals surface area contributed by atoms with Gasteiger partial charge in [-0.05, 0) is 55.3 Å². The largest absolute Gasteiger partial charge is 0.463 e. The van der Waals surface area contributed by atoms with Crippen molar-refractivity contribution in [1.82, 2.24) is 4.98 Å². The van der Waals surface area contributed by atoms with Crippen LogP contribution in [0.25, 0.3) is 22.4 Å². The monoisotopic (exact) mass is 313 g/mol. The molecular weight excluding hydrogens is 298 g/mol. The van der Waals surface area contributed by atoms with Crippen molar-refractivity contribution in [3.8, 4) is 0 Å². The summed E-state index contributed by atoms with van der Waals surface area (Å²) in [6.07, 6.45) is 5.16. The van der Waals surface area contributed by atoms with Gasteiger partial charge in [0.25, 0.3) is 0 Å². The minimum Gasteiger partial charge on any atom is -0.463 e. The van der Waals surface area contributed by atoms with E-state index in [9.17, 15) is 4.79 Å². The number of furan rings is 1. The van der Waals surface area contributed by atoms with Crippen molar-refractivity contribution in [2.24, 2.45) is 0 Å². The second-order valence-corrected chi connectivity index (χ2v) is 6.05. The summed E-state index contributed by atoms with van der Waals surface area (Å²) in [5, 5.41) is 0.886. The number of aromatic nitrogens is 1. The maximum atomic E-state index is 11.6. The summed E-state index contributed by atoms with van der Waals surface area (Å²) in [6.45, 7) is 4.18. The summed E-state index contributed by atoms with van der Waals surface area (Å²) in [6, 6.07) is 5.97. The van der Waals surface area contributed by atoms with E-state index in [-0.39, 0.29) is 5.76 Å². The van der Waals surface area contributed by atoms with Gasteiger partial charge in [0.2, 0.25) is 5.76 Å². The van der Waals surface area contributed by atoms with E-state index in [1.54, 1.807) is 17.4 Å². The number of fused-ring (bicyclic) bond motifs is 1. The van der Waals surface area contributed by atoms with Crippen LogP contribution in [-0.2, 0) is 4.74 Å². The van der Waals surface area contributed by atoms with Crippen LogP contribution in [0.5, 0.6) is 0 Å². The number of carbonyl (C=O) groups is 1. The van der Waals surface area contributed by atoms with E-state index in [1.165, 1.54) is 24.5 Å². The highest BCUT2D eigenvalue weighted by molar-refractivity contribution is 7.19. The second-order valence-electron chi connectivity index (χ2n) is 4.99. The van der Waals surface area contributed by atoms with Crippen LogP contribution >= 0.6 is 11.3 Å². The Balaban J connectivity index is 1.93. The summed E-state index contributed by atoms with van der Waals surface area (Å²) < 4.78 is 11.0. The molecule has 2 aromatic heterocycles. The predicted octanol–water partition coefficient (Wildman–Crippen LogP) is 4.46.